The molecule has 0 aliphatic heterocycles. The monoisotopic (exact) mass is 252 g/mol. The number of nitrogens with zero attached hydrogens (tertiary/aromatic N) is 2. The van der Waals surface area contributed by atoms with Gasteiger partial charge in [0.1, 0.15) is 5.69 Å². The SMILES string of the molecule is CC(=O)c1cc(C(=O)N(C)C(C)(C)CO)n(C)c1. The second-order valence-corrected chi connectivity index (χ2v) is 5.12. The molecule has 0 bridgehead atoms. The van der Waals surface area contributed by atoms with E-state index in [0.717, 1.165) is 0 Å². The fourth-order valence-corrected chi connectivity index (χ4v) is 1.52. The molecule has 5 heteroatoms. The van der Waals surface area contributed by atoms with Gasteiger partial charge in [0.2, 0.25) is 0 Å². The van der Waals surface area contributed by atoms with Crippen LogP contribution in [-0.4, -0.2) is 45.5 Å². The minimum atomic E-state index is -0.641. The zero-order chi connectivity index (χ0) is 14.1. The van der Waals surface area contributed by atoms with Gasteiger partial charge in [-0.25, -0.2) is 0 Å². The summed E-state index contributed by atoms with van der Waals surface area (Å²) in [5.74, 6) is -0.294. The van der Waals surface area contributed by atoms with Gasteiger partial charge in [0.25, 0.3) is 5.91 Å². The molecule has 1 aromatic heterocycles. The lowest BCUT2D eigenvalue weighted by atomic mass is 10.0. The Hall–Kier alpha value is -1.62. The third-order valence-corrected chi connectivity index (χ3v) is 3.23. The summed E-state index contributed by atoms with van der Waals surface area (Å²) < 4.78 is 1.63. The minimum absolute atomic E-state index is 0.0753. The summed E-state index contributed by atoms with van der Waals surface area (Å²) in [5, 5.41) is 9.27. The molecule has 0 unspecified atom stereocenters. The molecule has 0 spiro atoms. The predicted octanol–water partition coefficient (Wildman–Crippen LogP) is 1.07. The summed E-state index contributed by atoms with van der Waals surface area (Å²) in [7, 11) is 3.36. The Morgan fingerprint density at radius 1 is 1.44 bits per heavy atom. The van der Waals surface area contributed by atoms with Crippen LogP contribution in [0, 0.1) is 0 Å². The van der Waals surface area contributed by atoms with Gasteiger partial charge in [-0.3, -0.25) is 9.59 Å². The van der Waals surface area contributed by atoms with Gasteiger partial charge >= 0.3 is 0 Å². The molecule has 18 heavy (non-hydrogen) atoms. The van der Waals surface area contributed by atoms with E-state index in [4.69, 9.17) is 0 Å². The van der Waals surface area contributed by atoms with Gasteiger partial charge in [0, 0.05) is 25.9 Å². The molecular weight excluding hydrogens is 232 g/mol. The molecule has 5 nitrogen and oxygen atoms in total. The number of carbonyl (C=O) groups excluding carboxylic acids is 2. The fourth-order valence-electron chi connectivity index (χ4n) is 1.52. The van der Waals surface area contributed by atoms with Crippen LogP contribution in [0.25, 0.3) is 0 Å². The maximum atomic E-state index is 12.3. The van der Waals surface area contributed by atoms with E-state index in [-0.39, 0.29) is 18.3 Å². The van der Waals surface area contributed by atoms with Gasteiger partial charge in [-0.15, -0.1) is 0 Å². The third kappa shape index (κ3) is 2.61. The molecular formula is C13H20N2O3. The molecule has 0 fully saturated rings. The van der Waals surface area contributed by atoms with Crippen LogP contribution < -0.4 is 0 Å². The highest BCUT2D eigenvalue weighted by Gasteiger charge is 2.29. The summed E-state index contributed by atoms with van der Waals surface area (Å²) in [6.07, 6.45) is 1.63. The second-order valence-electron chi connectivity index (χ2n) is 5.12. The Kier molecular flexibility index (Phi) is 3.96. The molecule has 1 N–H and O–H groups in total. The summed E-state index contributed by atoms with van der Waals surface area (Å²) in [4.78, 5) is 25.0. The predicted molar refractivity (Wildman–Crippen MR) is 68.7 cm³/mol. The Morgan fingerprint density at radius 3 is 2.39 bits per heavy atom. The highest BCUT2D eigenvalue weighted by molar-refractivity contribution is 5.99. The first-order chi connectivity index (χ1) is 8.20. The van der Waals surface area contributed by atoms with E-state index in [2.05, 4.69) is 0 Å². The van der Waals surface area contributed by atoms with Crippen molar-refractivity contribution >= 4 is 11.7 Å². The lowest BCUT2D eigenvalue weighted by molar-refractivity contribution is 0.0464. The number of ketones is 1. The van der Waals surface area contributed by atoms with Gasteiger partial charge < -0.3 is 14.6 Å². The number of hydrogen-bond donors (Lipinski definition) is 1. The third-order valence-electron chi connectivity index (χ3n) is 3.23. The number of carbonyl (C=O) groups is 2. The van der Waals surface area contributed by atoms with E-state index in [0.29, 0.717) is 11.3 Å². The molecule has 0 aliphatic rings. The molecule has 0 saturated heterocycles. The van der Waals surface area contributed by atoms with Crippen LogP contribution in [0.4, 0.5) is 0 Å². The first-order valence-electron chi connectivity index (χ1n) is 5.77. The van der Waals surface area contributed by atoms with Crippen molar-refractivity contribution in [3.8, 4) is 0 Å². The summed E-state index contributed by atoms with van der Waals surface area (Å²) in [5.41, 5.74) is 0.304. The zero-order valence-electron chi connectivity index (χ0n) is 11.5. The van der Waals surface area contributed by atoms with Crippen molar-refractivity contribution in [2.45, 2.75) is 26.3 Å². The average Bonchev–Trinajstić information content (AvgIpc) is 2.69. The van der Waals surface area contributed by atoms with Crippen LogP contribution in [-0.2, 0) is 7.05 Å². The lowest BCUT2D eigenvalue weighted by Gasteiger charge is -2.33. The Balaban J connectivity index is 3.08. The molecule has 0 aliphatic carbocycles. The van der Waals surface area contributed by atoms with E-state index in [1.54, 1.807) is 44.8 Å². The van der Waals surface area contributed by atoms with E-state index in [9.17, 15) is 14.7 Å². The highest BCUT2D eigenvalue weighted by atomic mass is 16.3. The summed E-state index contributed by atoms with van der Waals surface area (Å²) in [6.45, 7) is 4.89. The molecule has 0 radical (unpaired) electrons. The maximum Gasteiger partial charge on any atom is 0.270 e. The van der Waals surface area contributed by atoms with E-state index in [1.807, 2.05) is 0 Å². The fraction of sp³-hybridized carbons (Fsp3) is 0.538. The molecule has 0 saturated carbocycles. The first-order valence-corrected chi connectivity index (χ1v) is 5.77. The van der Waals surface area contributed by atoms with Gasteiger partial charge in [-0.05, 0) is 26.8 Å². The number of Topliss-reactive ketones (excluding diaryl/α,β-unsaturated/α-hetero) is 1. The molecule has 1 aromatic rings. The van der Waals surface area contributed by atoms with Crippen LogP contribution in [0.15, 0.2) is 12.3 Å². The van der Waals surface area contributed by atoms with Crippen LogP contribution >= 0.6 is 0 Å². The number of aromatic nitrogens is 1. The topological polar surface area (TPSA) is 62.5 Å². The normalized spacial score (nSPS) is 11.4. The van der Waals surface area contributed by atoms with Gasteiger partial charge in [-0.2, -0.15) is 0 Å². The maximum absolute atomic E-state index is 12.3. The van der Waals surface area contributed by atoms with Crippen molar-refractivity contribution in [3.63, 3.8) is 0 Å². The molecule has 1 amide bonds. The molecule has 1 heterocycles. The van der Waals surface area contributed by atoms with Gasteiger partial charge in [0.15, 0.2) is 5.78 Å². The standard InChI is InChI=1S/C13H20N2O3/c1-9(17)10-6-11(14(4)7-10)12(18)15(5)13(2,3)8-16/h6-7,16H,8H2,1-5H3. The van der Waals surface area contributed by atoms with E-state index < -0.39 is 5.54 Å². The van der Waals surface area contributed by atoms with Crippen molar-refractivity contribution < 1.29 is 14.7 Å². The Bertz CT molecular complexity index is 475. The minimum Gasteiger partial charge on any atom is -0.394 e. The van der Waals surface area contributed by atoms with Crippen LogP contribution in [0.5, 0.6) is 0 Å². The van der Waals surface area contributed by atoms with Crippen LogP contribution in [0.3, 0.4) is 0 Å². The molecule has 0 aromatic carbocycles. The summed E-state index contributed by atoms with van der Waals surface area (Å²) >= 11 is 0. The van der Waals surface area contributed by atoms with Crippen molar-refractivity contribution in [1.82, 2.24) is 9.47 Å². The van der Waals surface area contributed by atoms with Crippen molar-refractivity contribution in [3.05, 3.63) is 23.5 Å². The molecule has 1 rings (SSSR count). The first kappa shape index (κ1) is 14.4. The van der Waals surface area contributed by atoms with Crippen molar-refractivity contribution in [1.29, 1.82) is 0 Å². The number of aryl methyl sites for hydroxylation is 1. The number of likely N-dealkylation sites (N-methyl/N-ethyl adjacent to an activating group) is 1. The van der Waals surface area contributed by atoms with Crippen LogP contribution in [0.1, 0.15) is 41.6 Å². The number of hydrogen-bond acceptors (Lipinski definition) is 3. The number of rotatable bonds is 4. The van der Waals surface area contributed by atoms with Crippen molar-refractivity contribution in [2.75, 3.05) is 13.7 Å². The molecule has 0 atom stereocenters. The second kappa shape index (κ2) is 4.94. The van der Waals surface area contributed by atoms with E-state index in [1.165, 1.54) is 11.8 Å². The van der Waals surface area contributed by atoms with Crippen molar-refractivity contribution in [2.24, 2.45) is 7.05 Å². The Labute approximate surface area is 107 Å². The zero-order valence-corrected chi connectivity index (χ0v) is 11.5. The highest BCUT2D eigenvalue weighted by Crippen LogP contribution is 2.17. The van der Waals surface area contributed by atoms with Crippen LogP contribution in [0.2, 0.25) is 0 Å². The quantitative estimate of drug-likeness (QED) is 0.815. The molecule has 100 valence electrons. The number of aliphatic hydroxyl groups is 1. The lowest BCUT2D eigenvalue weighted by Crippen LogP contribution is -2.48. The largest absolute Gasteiger partial charge is 0.394 e. The van der Waals surface area contributed by atoms with E-state index >= 15 is 0 Å². The van der Waals surface area contributed by atoms with Gasteiger partial charge in [0.05, 0.1) is 12.1 Å². The average molecular weight is 252 g/mol. The Morgan fingerprint density at radius 2 is 2.00 bits per heavy atom. The number of amides is 1. The van der Waals surface area contributed by atoms with Gasteiger partial charge in [-0.1, -0.05) is 0 Å². The smallest absolute Gasteiger partial charge is 0.270 e. The summed E-state index contributed by atoms with van der Waals surface area (Å²) in [6, 6.07) is 1.58. The number of aliphatic hydroxyl groups excluding tert-OH is 1.